The molecule has 3 amide bonds. The molecule has 7 nitrogen and oxygen atoms in total. The molecule has 2 aromatic rings. The fourth-order valence-corrected chi connectivity index (χ4v) is 6.06. The maximum absolute atomic E-state index is 13.0. The van der Waals surface area contributed by atoms with Gasteiger partial charge in [-0.15, -0.1) is 0 Å². The van der Waals surface area contributed by atoms with Gasteiger partial charge in [-0.3, -0.25) is 19.3 Å². The molecule has 2 aromatic carbocycles. The van der Waals surface area contributed by atoms with Crippen LogP contribution in [0.25, 0.3) is 6.08 Å². The minimum Gasteiger partial charge on any atom is -0.495 e. The van der Waals surface area contributed by atoms with Crippen molar-refractivity contribution >= 4 is 85.8 Å². The van der Waals surface area contributed by atoms with Gasteiger partial charge in [-0.2, -0.15) is 13.2 Å². The van der Waals surface area contributed by atoms with Crippen LogP contribution in [-0.4, -0.2) is 42.7 Å². The van der Waals surface area contributed by atoms with Gasteiger partial charge >= 0.3 is 6.18 Å². The predicted octanol–water partition coefficient (Wildman–Crippen LogP) is 5.61. The van der Waals surface area contributed by atoms with Gasteiger partial charge in [0, 0.05) is 0 Å². The number of nitrogens with one attached hydrogen (secondary N) is 1. The summed E-state index contributed by atoms with van der Waals surface area (Å²) in [5, 5.41) is 1.61. The molecule has 0 spiro atoms. The van der Waals surface area contributed by atoms with Crippen molar-refractivity contribution in [1.82, 2.24) is 4.90 Å². The van der Waals surface area contributed by atoms with E-state index in [0.717, 1.165) is 30.2 Å². The largest absolute Gasteiger partial charge is 0.495 e. The number of nitrogens with zero attached hydrogens (tertiary/aromatic N) is 1. The number of hydrogen-bond acceptors (Lipinski definition) is 6. The zero-order chi connectivity index (χ0) is 25.2. The highest BCUT2D eigenvalue weighted by atomic mass is 127. The lowest BCUT2D eigenvalue weighted by Gasteiger charge is -2.16. The van der Waals surface area contributed by atoms with Crippen LogP contribution in [0, 0.1) is 7.14 Å². The van der Waals surface area contributed by atoms with Crippen LogP contribution in [-0.2, 0) is 15.8 Å². The van der Waals surface area contributed by atoms with Gasteiger partial charge in [0.15, 0.2) is 0 Å². The molecule has 1 N–H and O–H groups in total. The van der Waals surface area contributed by atoms with E-state index in [1.807, 2.05) is 0 Å². The summed E-state index contributed by atoms with van der Waals surface area (Å²) in [4.78, 5) is 38.4. The molecule has 0 unspecified atom stereocenters. The van der Waals surface area contributed by atoms with Gasteiger partial charge < -0.3 is 14.8 Å². The van der Waals surface area contributed by atoms with Gasteiger partial charge in [0.05, 0.1) is 37.5 Å². The number of ether oxygens (including phenoxy) is 2. The molecule has 0 aliphatic carbocycles. The van der Waals surface area contributed by atoms with Crippen molar-refractivity contribution in [2.45, 2.75) is 6.18 Å². The number of carbonyl (C=O) groups excluding carboxylic acids is 3. The quantitative estimate of drug-likeness (QED) is 0.309. The first-order valence-electron chi connectivity index (χ1n) is 9.28. The van der Waals surface area contributed by atoms with Crippen molar-refractivity contribution in [1.29, 1.82) is 0 Å². The summed E-state index contributed by atoms with van der Waals surface area (Å²) in [6.07, 6.45) is -3.09. The fourth-order valence-electron chi connectivity index (χ4n) is 2.96. The number of thioether (sulfide) groups is 1. The monoisotopic (exact) mass is 718 g/mol. The molecule has 3 rings (SSSR count). The maximum atomic E-state index is 13.0. The minimum absolute atomic E-state index is 0.000837. The number of carbonyl (C=O) groups is 3. The minimum atomic E-state index is -4.62. The number of halogens is 5. The molecule has 1 aliphatic rings. The van der Waals surface area contributed by atoms with Gasteiger partial charge in [0.2, 0.25) is 5.91 Å². The summed E-state index contributed by atoms with van der Waals surface area (Å²) in [5.74, 6) is -0.844. The molecule has 180 valence electrons. The topological polar surface area (TPSA) is 84.9 Å². The second-order valence-electron chi connectivity index (χ2n) is 6.75. The van der Waals surface area contributed by atoms with E-state index in [1.165, 1.54) is 13.2 Å². The van der Waals surface area contributed by atoms with Crippen LogP contribution in [0.3, 0.4) is 0 Å². The summed E-state index contributed by atoms with van der Waals surface area (Å²) >= 11 is 4.85. The second kappa shape index (κ2) is 10.7. The summed E-state index contributed by atoms with van der Waals surface area (Å²) in [6, 6.07) is 6.16. The Morgan fingerprint density at radius 1 is 1.12 bits per heavy atom. The first kappa shape index (κ1) is 26.6. The average molecular weight is 718 g/mol. The lowest BCUT2D eigenvalue weighted by Crippen LogP contribution is -2.36. The Kier molecular flexibility index (Phi) is 8.38. The van der Waals surface area contributed by atoms with E-state index in [1.54, 1.807) is 19.2 Å². The molecule has 0 atom stereocenters. The van der Waals surface area contributed by atoms with Crippen LogP contribution in [0.2, 0.25) is 0 Å². The Balaban J connectivity index is 1.77. The number of benzene rings is 2. The fraction of sp³-hybridized carbons (Fsp3) is 0.190. The third kappa shape index (κ3) is 5.97. The van der Waals surface area contributed by atoms with E-state index in [-0.39, 0.29) is 16.3 Å². The molecule has 1 aliphatic heterocycles. The van der Waals surface area contributed by atoms with E-state index < -0.39 is 35.3 Å². The van der Waals surface area contributed by atoms with E-state index >= 15 is 0 Å². The van der Waals surface area contributed by atoms with Crippen molar-refractivity contribution in [3.8, 4) is 11.5 Å². The lowest BCUT2D eigenvalue weighted by atomic mass is 10.1. The first-order valence-corrected chi connectivity index (χ1v) is 12.3. The number of rotatable bonds is 6. The van der Waals surface area contributed by atoms with Crippen molar-refractivity contribution in [2.24, 2.45) is 0 Å². The zero-order valence-corrected chi connectivity index (χ0v) is 22.6. The summed E-state index contributed by atoms with van der Waals surface area (Å²) in [5.41, 5.74) is -0.549. The maximum Gasteiger partial charge on any atom is 0.416 e. The van der Waals surface area contributed by atoms with Crippen LogP contribution in [0.4, 0.5) is 23.7 Å². The van der Waals surface area contributed by atoms with Crippen LogP contribution >= 0.6 is 56.9 Å². The third-order valence-electron chi connectivity index (χ3n) is 4.50. The number of alkyl halides is 3. The van der Waals surface area contributed by atoms with E-state index in [2.05, 4.69) is 50.5 Å². The molecule has 34 heavy (non-hydrogen) atoms. The Bertz CT molecular complexity index is 1180. The molecule has 0 aromatic heterocycles. The summed E-state index contributed by atoms with van der Waals surface area (Å²) < 4.78 is 51.0. The number of anilines is 1. The number of methoxy groups -OCH3 is 2. The first-order chi connectivity index (χ1) is 15.9. The number of amides is 3. The van der Waals surface area contributed by atoms with E-state index in [4.69, 9.17) is 9.47 Å². The second-order valence-corrected chi connectivity index (χ2v) is 10.1. The highest BCUT2D eigenvalue weighted by Gasteiger charge is 2.37. The van der Waals surface area contributed by atoms with Crippen LogP contribution in [0.15, 0.2) is 35.2 Å². The predicted molar refractivity (Wildman–Crippen MR) is 138 cm³/mol. The van der Waals surface area contributed by atoms with Crippen LogP contribution < -0.4 is 14.8 Å². The Labute approximate surface area is 223 Å². The van der Waals surface area contributed by atoms with Gasteiger partial charge in [-0.25, -0.2) is 0 Å². The molecule has 0 saturated carbocycles. The number of imide groups is 1. The molecule has 1 fully saturated rings. The summed E-state index contributed by atoms with van der Waals surface area (Å²) in [6.45, 7) is -0.668. The normalized spacial score (nSPS) is 15.1. The van der Waals surface area contributed by atoms with Crippen molar-refractivity contribution in [2.75, 3.05) is 26.1 Å². The molecule has 0 bridgehead atoms. The highest BCUT2D eigenvalue weighted by Crippen LogP contribution is 2.36. The standard InChI is InChI=1S/C21H15F3I2N2O5S/c1-32-15-4-3-11(21(22,23)24)8-14(15)27-17(29)9-28-19(30)16(34-20(28)31)7-10-5-12(25)18(33-2)13(26)6-10/h3-8H,9H2,1-2H3,(H,27,29)/b16-7-. The van der Waals surface area contributed by atoms with Crippen LogP contribution in [0.5, 0.6) is 11.5 Å². The van der Waals surface area contributed by atoms with Gasteiger partial charge in [0.25, 0.3) is 11.1 Å². The van der Waals surface area contributed by atoms with E-state index in [0.29, 0.717) is 23.1 Å². The average Bonchev–Trinajstić information content (AvgIpc) is 3.00. The van der Waals surface area contributed by atoms with Crippen LogP contribution in [0.1, 0.15) is 11.1 Å². The lowest BCUT2D eigenvalue weighted by molar-refractivity contribution is -0.137. The molecule has 0 radical (unpaired) electrons. The smallest absolute Gasteiger partial charge is 0.416 e. The summed E-state index contributed by atoms with van der Waals surface area (Å²) in [7, 11) is 2.78. The van der Waals surface area contributed by atoms with E-state index in [9.17, 15) is 27.6 Å². The Morgan fingerprint density at radius 3 is 2.32 bits per heavy atom. The van der Waals surface area contributed by atoms with Crippen molar-refractivity contribution < 1.29 is 37.0 Å². The highest BCUT2D eigenvalue weighted by molar-refractivity contribution is 14.1. The molecule has 1 saturated heterocycles. The van der Waals surface area contributed by atoms with Crippen molar-refractivity contribution in [3.05, 3.63) is 53.5 Å². The Hall–Kier alpha value is -2.01. The zero-order valence-electron chi connectivity index (χ0n) is 17.5. The molecular weight excluding hydrogens is 703 g/mol. The van der Waals surface area contributed by atoms with Gasteiger partial charge in [-0.1, -0.05) is 0 Å². The third-order valence-corrected chi connectivity index (χ3v) is 7.01. The molecule has 1 heterocycles. The van der Waals surface area contributed by atoms with Gasteiger partial charge in [0.1, 0.15) is 18.0 Å². The molecule has 13 heteroatoms. The van der Waals surface area contributed by atoms with Gasteiger partial charge in [-0.05, 0) is 98.9 Å². The number of hydrogen-bond donors (Lipinski definition) is 1. The SMILES string of the molecule is COc1ccc(C(F)(F)F)cc1NC(=O)CN1C(=O)S/C(=C\c2cc(I)c(OC)c(I)c2)C1=O. The molecular formula is C21H15F3I2N2O5S. The van der Waals surface area contributed by atoms with Crippen molar-refractivity contribution in [3.63, 3.8) is 0 Å². The Morgan fingerprint density at radius 2 is 1.76 bits per heavy atom.